The number of para-hydroxylation sites is 1. The van der Waals surface area contributed by atoms with Gasteiger partial charge < -0.3 is 19.7 Å². The second-order valence-electron chi connectivity index (χ2n) is 8.21. The summed E-state index contributed by atoms with van der Waals surface area (Å²) in [5.74, 6) is 0.136. The number of aromatic amines is 1. The number of amides is 2. The molecule has 2 amide bonds. The lowest BCUT2D eigenvalue weighted by Gasteiger charge is -2.33. The Morgan fingerprint density at radius 3 is 2.57 bits per heavy atom. The van der Waals surface area contributed by atoms with Gasteiger partial charge in [0.1, 0.15) is 0 Å². The lowest BCUT2D eigenvalue weighted by atomic mass is 9.97. The Morgan fingerprint density at radius 1 is 1.00 bits per heavy atom. The first-order valence-electron chi connectivity index (χ1n) is 10.6. The second-order valence-corrected chi connectivity index (χ2v) is 8.21. The summed E-state index contributed by atoms with van der Waals surface area (Å²) in [6, 6.07) is 15.8. The van der Waals surface area contributed by atoms with Gasteiger partial charge in [-0.3, -0.25) is 9.59 Å². The van der Waals surface area contributed by atoms with Crippen LogP contribution in [0.5, 0.6) is 0 Å². The van der Waals surface area contributed by atoms with Gasteiger partial charge in [-0.2, -0.15) is 0 Å². The van der Waals surface area contributed by atoms with Crippen LogP contribution in [0.3, 0.4) is 0 Å². The summed E-state index contributed by atoms with van der Waals surface area (Å²) in [4.78, 5) is 35.4. The number of piperazine rings is 1. The van der Waals surface area contributed by atoms with Crippen LogP contribution in [0.1, 0.15) is 33.9 Å². The molecule has 0 aliphatic carbocycles. The normalized spacial score (nSPS) is 19.5. The lowest BCUT2D eigenvalue weighted by molar-refractivity contribution is -0.133. The van der Waals surface area contributed by atoms with Crippen LogP contribution in [0.2, 0.25) is 0 Å². The molecule has 0 unspecified atom stereocenters. The first-order valence-corrected chi connectivity index (χ1v) is 10.6. The number of nitrogens with zero attached hydrogens (tertiary/aromatic N) is 3. The molecular weight excluding hydrogens is 376 g/mol. The standard InChI is InChI=1S/C24H26N4O2/c1-26-12-14-27(15-13-26)22(29)10-11-28-23(18-7-2-3-8-19(18)24(28)30)20-16-25-21-9-5-4-6-17(20)21/h2-9,16,23,25H,10-15H2,1H3/t23-/m1/s1. The molecule has 6 nitrogen and oxygen atoms in total. The van der Waals surface area contributed by atoms with Gasteiger partial charge in [0.25, 0.3) is 5.91 Å². The van der Waals surface area contributed by atoms with E-state index in [2.05, 4.69) is 23.0 Å². The smallest absolute Gasteiger partial charge is 0.255 e. The van der Waals surface area contributed by atoms with Crippen molar-refractivity contribution in [2.24, 2.45) is 0 Å². The predicted octanol–water partition coefficient (Wildman–Crippen LogP) is 2.88. The number of benzene rings is 2. The van der Waals surface area contributed by atoms with Crippen molar-refractivity contribution in [1.29, 1.82) is 0 Å². The molecule has 2 aliphatic heterocycles. The number of carbonyl (C=O) groups excluding carboxylic acids is 2. The Balaban J connectivity index is 1.43. The van der Waals surface area contributed by atoms with Crippen LogP contribution in [-0.2, 0) is 4.79 Å². The zero-order valence-corrected chi connectivity index (χ0v) is 17.2. The fraction of sp³-hybridized carbons (Fsp3) is 0.333. The van der Waals surface area contributed by atoms with Gasteiger partial charge in [-0.25, -0.2) is 0 Å². The van der Waals surface area contributed by atoms with E-state index in [4.69, 9.17) is 0 Å². The SMILES string of the molecule is CN1CCN(C(=O)CCN2C(=O)c3ccccc3[C@@H]2c2c[nH]c3ccccc23)CC1. The van der Waals surface area contributed by atoms with Crippen LogP contribution >= 0.6 is 0 Å². The van der Waals surface area contributed by atoms with Crippen LogP contribution in [0.15, 0.2) is 54.7 Å². The third kappa shape index (κ3) is 3.17. The van der Waals surface area contributed by atoms with Gasteiger partial charge >= 0.3 is 0 Å². The van der Waals surface area contributed by atoms with Gasteiger partial charge in [-0.1, -0.05) is 36.4 Å². The molecule has 3 aromatic rings. The maximum absolute atomic E-state index is 13.3. The average molecular weight is 402 g/mol. The third-order valence-electron chi connectivity index (χ3n) is 6.40. The van der Waals surface area contributed by atoms with Gasteiger partial charge in [-0.05, 0) is 24.7 Å². The highest BCUT2D eigenvalue weighted by molar-refractivity contribution is 6.01. The van der Waals surface area contributed by atoms with Crippen molar-refractivity contribution in [1.82, 2.24) is 19.7 Å². The Bertz CT molecular complexity index is 1100. The van der Waals surface area contributed by atoms with Gasteiger partial charge in [0.2, 0.25) is 5.91 Å². The summed E-state index contributed by atoms with van der Waals surface area (Å²) in [5.41, 5.74) is 3.88. The van der Waals surface area contributed by atoms with E-state index in [0.29, 0.717) is 13.0 Å². The molecule has 1 aromatic heterocycles. The monoisotopic (exact) mass is 402 g/mol. The fourth-order valence-electron chi connectivity index (χ4n) is 4.69. The molecular formula is C24H26N4O2. The van der Waals surface area contributed by atoms with Crippen LogP contribution in [0, 0.1) is 0 Å². The van der Waals surface area contributed by atoms with Gasteiger partial charge in [0.05, 0.1) is 6.04 Å². The van der Waals surface area contributed by atoms with Crippen molar-refractivity contribution in [3.8, 4) is 0 Å². The van der Waals surface area contributed by atoms with E-state index in [1.807, 2.05) is 58.5 Å². The van der Waals surface area contributed by atoms with E-state index in [0.717, 1.165) is 53.8 Å². The molecule has 0 radical (unpaired) electrons. The molecule has 2 aliphatic rings. The predicted molar refractivity (Wildman–Crippen MR) is 116 cm³/mol. The van der Waals surface area contributed by atoms with Crippen LogP contribution in [0.25, 0.3) is 10.9 Å². The molecule has 154 valence electrons. The minimum absolute atomic E-state index is 0.00654. The summed E-state index contributed by atoms with van der Waals surface area (Å²) in [6.07, 6.45) is 2.35. The van der Waals surface area contributed by atoms with Crippen LogP contribution < -0.4 is 0 Å². The summed E-state index contributed by atoms with van der Waals surface area (Å²) in [6.45, 7) is 3.74. The van der Waals surface area contributed by atoms with Crippen LogP contribution in [-0.4, -0.2) is 71.3 Å². The highest BCUT2D eigenvalue weighted by Gasteiger charge is 2.38. The summed E-state index contributed by atoms with van der Waals surface area (Å²) in [7, 11) is 2.08. The molecule has 30 heavy (non-hydrogen) atoms. The number of nitrogens with one attached hydrogen (secondary N) is 1. The summed E-state index contributed by atoms with van der Waals surface area (Å²) < 4.78 is 0. The number of carbonyl (C=O) groups is 2. The lowest BCUT2D eigenvalue weighted by Crippen LogP contribution is -2.47. The van der Waals surface area contributed by atoms with Crippen LogP contribution in [0.4, 0.5) is 0 Å². The zero-order chi connectivity index (χ0) is 20.7. The van der Waals surface area contributed by atoms with Crippen molar-refractivity contribution in [2.45, 2.75) is 12.5 Å². The van der Waals surface area contributed by atoms with Gasteiger partial charge in [0.15, 0.2) is 0 Å². The minimum atomic E-state index is -0.176. The summed E-state index contributed by atoms with van der Waals surface area (Å²) in [5, 5.41) is 1.11. The van der Waals surface area contributed by atoms with E-state index in [-0.39, 0.29) is 17.9 Å². The Labute approximate surface area is 176 Å². The van der Waals surface area contributed by atoms with Crippen molar-refractivity contribution in [3.63, 3.8) is 0 Å². The number of fused-ring (bicyclic) bond motifs is 2. The fourth-order valence-corrected chi connectivity index (χ4v) is 4.69. The van der Waals surface area contributed by atoms with E-state index < -0.39 is 0 Å². The molecule has 6 heteroatoms. The highest BCUT2D eigenvalue weighted by Crippen LogP contribution is 2.41. The number of rotatable bonds is 4. The van der Waals surface area contributed by atoms with E-state index in [1.54, 1.807) is 0 Å². The molecule has 2 aromatic carbocycles. The molecule has 5 rings (SSSR count). The molecule has 1 saturated heterocycles. The highest BCUT2D eigenvalue weighted by atomic mass is 16.2. The third-order valence-corrected chi connectivity index (χ3v) is 6.40. The summed E-state index contributed by atoms with van der Waals surface area (Å²) >= 11 is 0. The Morgan fingerprint density at radius 2 is 1.73 bits per heavy atom. The molecule has 3 heterocycles. The van der Waals surface area contributed by atoms with Crippen molar-refractivity contribution in [3.05, 3.63) is 71.4 Å². The first kappa shape index (κ1) is 18.9. The number of hydrogen-bond donors (Lipinski definition) is 1. The van der Waals surface area contributed by atoms with Gasteiger partial charge in [-0.15, -0.1) is 0 Å². The number of likely N-dealkylation sites (N-methyl/N-ethyl adjacent to an activating group) is 1. The Kier molecular flexibility index (Phi) is 4.79. The zero-order valence-electron chi connectivity index (χ0n) is 17.2. The van der Waals surface area contributed by atoms with E-state index >= 15 is 0 Å². The van der Waals surface area contributed by atoms with Gasteiger partial charge in [0, 0.05) is 67.4 Å². The number of hydrogen-bond acceptors (Lipinski definition) is 3. The topological polar surface area (TPSA) is 59.6 Å². The number of aromatic nitrogens is 1. The first-order chi connectivity index (χ1) is 14.6. The molecule has 1 N–H and O–H groups in total. The average Bonchev–Trinajstić information content (AvgIpc) is 3.31. The number of H-pyrrole nitrogens is 1. The molecule has 0 bridgehead atoms. The molecule has 0 spiro atoms. The van der Waals surface area contributed by atoms with Crippen molar-refractivity contribution < 1.29 is 9.59 Å². The quantitative estimate of drug-likeness (QED) is 0.730. The van der Waals surface area contributed by atoms with Crippen molar-refractivity contribution in [2.75, 3.05) is 39.8 Å². The second kappa shape index (κ2) is 7.61. The minimum Gasteiger partial charge on any atom is -0.361 e. The van der Waals surface area contributed by atoms with E-state index in [1.165, 1.54) is 0 Å². The van der Waals surface area contributed by atoms with Crippen molar-refractivity contribution >= 4 is 22.7 Å². The maximum atomic E-state index is 13.3. The Hall–Kier alpha value is -3.12. The molecule has 1 fully saturated rings. The largest absolute Gasteiger partial charge is 0.361 e. The van der Waals surface area contributed by atoms with E-state index in [9.17, 15) is 9.59 Å². The maximum Gasteiger partial charge on any atom is 0.255 e. The molecule has 1 atom stereocenters. The molecule has 0 saturated carbocycles.